The van der Waals surface area contributed by atoms with Gasteiger partial charge in [-0.05, 0) is 44.9 Å². The van der Waals surface area contributed by atoms with Gasteiger partial charge in [-0.3, -0.25) is 9.59 Å². The Morgan fingerprint density at radius 3 is 2.75 bits per heavy atom. The molecule has 0 aromatic heterocycles. The number of rotatable bonds is 3. The van der Waals surface area contributed by atoms with Crippen LogP contribution in [-0.2, 0) is 9.59 Å². The normalized spacial score (nSPS) is 25.9. The number of nitrogens with zero attached hydrogens (tertiary/aromatic N) is 2. The van der Waals surface area contributed by atoms with E-state index in [0.717, 1.165) is 25.7 Å². The van der Waals surface area contributed by atoms with E-state index in [1.807, 2.05) is 0 Å². The molecule has 0 radical (unpaired) electrons. The van der Waals surface area contributed by atoms with Gasteiger partial charge in [-0.1, -0.05) is 0 Å². The lowest BCUT2D eigenvalue weighted by molar-refractivity contribution is -0.142. The Kier molecular flexibility index (Phi) is 4.61. The molecule has 1 heterocycles. The molecule has 6 heteroatoms. The molecule has 0 aromatic carbocycles. The van der Waals surface area contributed by atoms with Gasteiger partial charge < -0.3 is 15.3 Å². The van der Waals surface area contributed by atoms with Crippen molar-refractivity contribution >= 4 is 11.8 Å². The first-order valence-corrected chi connectivity index (χ1v) is 7.25. The van der Waals surface area contributed by atoms with Crippen molar-refractivity contribution in [3.63, 3.8) is 0 Å². The molecule has 2 N–H and O–H groups in total. The number of nitriles is 1. The van der Waals surface area contributed by atoms with Gasteiger partial charge in [-0.2, -0.15) is 5.26 Å². The fraction of sp³-hybridized carbons (Fsp3) is 0.786. The Morgan fingerprint density at radius 2 is 2.10 bits per heavy atom. The third kappa shape index (κ3) is 3.28. The van der Waals surface area contributed by atoms with Crippen LogP contribution in [0.15, 0.2) is 0 Å². The third-order valence-corrected chi connectivity index (χ3v) is 4.14. The molecular formula is C14H21N3O3. The van der Waals surface area contributed by atoms with E-state index in [-0.39, 0.29) is 18.4 Å². The molecule has 2 fully saturated rings. The van der Waals surface area contributed by atoms with Crippen LogP contribution < -0.4 is 5.32 Å². The quantitative estimate of drug-likeness (QED) is 0.777. The Morgan fingerprint density at radius 1 is 1.40 bits per heavy atom. The zero-order valence-corrected chi connectivity index (χ0v) is 11.6. The summed E-state index contributed by atoms with van der Waals surface area (Å²) >= 11 is 0. The molecule has 1 saturated heterocycles. The van der Waals surface area contributed by atoms with Crippen LogP contribution >= 0.6 is 0 Å². The maximum atomic E-state index is 12.1. The average Bonchev–Trinajstić information content (AvgIpc) is 2.84. The second-order valence-corrected chi connectivity index (χ2v) is 5.72. The molecule has 1 aliphatic heterocycles. The van der Waals surface area contributed by atoms with Crippen molar-refractivity contribution in [3.05, 3.63) is 0 Å². The van der Waals surface area contributed by atoms with Gasteiger partial charge in [0.15, 0.2) is 0 Å². The van der Waals surface area contributed by atoms with Gasteiger partial charge in [-0.25, -0.2) is 0 Å². The van der Waals surface area contributed by atoms with Crippen molar-refractivity contribution < 1.29 is 14.7 Å². The number of hydrogen-bond acceptors (Lipinski definition) is 4. The highest BCUT2D eigenvalue weighted by Gasteiger charge is 2.36. The number of amides is 2. The van der Waals surface area contributed by atoms with E-state index in [1.54, 1.807) is 0 Å². The largest absolute Gasteiger partial charge is 0.383 e. The molecule has 2 amide bonds. The van der Waals surface area contributed by atoms with Crippen molar-refractivity contribution in [2.75, 3.05) is 13.1 Å². The standard InChI is InChI=1S/C14H21N3O3/c15-10-14(6-2-3-7-14)16-12(19)9-17-8-4-1-5-11(18)13(17)20/h11,18H,1-9H2,(H,16,19). The molecule has 0 spiro atoms. The monoisotopic (exact) mass is 279 g/mol. The van der Waals surface area contributed by atoms with E-state index in [0.29, 0.717) is 25.8 Å². The van der Waals surface area contributed by atoms with E-state index < -0.39 is 11.6 Å². The minimum atomic E-state index is -0.998. The third-order valence-electron chi connectivity index (χ3n) is 4.14. The predicted octanol–water partition coefficient (Wildman–Crippen LogP) is 0.312. The second kappa shape index (κ2) is 6.23. The molecule has 1 saturated carbocycles. The van der Waals surface area contributed by atoms with Gasteiger partial charge in [0.25, 0.3) is 5.91 Å². The summed E-state index contributed by atoms with van der Waals surface area (Å²) in [5.41, 5.74) is -0.759. The van der Waals surface area contributed by atoms with Crippen molar-refractivity contribution in [3.8, 4) is 6.07 Å². The van der Waals surface area contributed by atoms with E-state index in [2.05, 4.69) is 11.4 Å². The van der Waals surface area contributed by atoms with Crippen LogP contribution in [0.25, 0.3) is 0 Å². The van der Waals surface area contributed by atoms with Crippen LogP contribution in [0.4, 0.5) is 0 Å². The first-order chi connectivity index (χ1) is 9.56. The molecule has 0 bridgehead atoms. The van der Waals surface area contributed by atoms with Crippen molar-refractivity contribution in [2.45, 2.75) is 56.6 Å². The molecule has 1 atom stereocenters. The summed E-state index contributed by atoms with van der Waals surface area (Å²) < 4.78 is 0. The fourth-order valence-electron chi connectivity index (χ4n) is 2.96. The number of nitrogens with one attached hydrogen (secondary N) is 1. The van der Waals surface area contributed by atoms with Gasteiger partial charge >= 0.3 is 0 Å². The number of aliphatic hydroxyl groups excluding tert-OH is 1. The molecule has 1 unspecified atom stereocenters. The summed E-state index contributed by atoms with van der Waals surface area (Å²) in [7, 11) is 0. The van der Waals surface area contributed by atoms with Crippen LogP contribution in [0.2, 0.25) is 0 Å². The highest BCUT2D eigenvalue weighted by Crippen LogP contribution is 2.28. The first kappa shape index (κ1) is 14.8. The highest BCUT2D eigenvalue weighted by molar-refractivity contribution is 5.87. The maximum Gasteiger partial charge on any atom is 0.251 e. The minimum absolute atomic E-state index is 0.0701. The Balaban J connectivity index is 1.93. The number of hydrogen-bond donors (Lipinski definition) is 2. The Hall–Kier alpha value is -1.61. The van der Waals surface area contributed by atoms with E-state index in [4.69, 9.17) is 0 Å². The van der Waals surface area contributed by atoms with E-state index in [1.165, 1.54) is 4.90 Å². The smallest absolute Gasteiger partial charge is 0.251 e. The SMILES string of the molecule is N#CC1(NC(=O)CN2CCCCC(O)C2=O)CCCC1. The minimum Gasteiger partial charge on any atom is -0.383 e. The summed E-state index contributed by atoms with van der Waals surface area (Å²) in [4.78, 5) is 25.4. The van der Waals surface area contributed by atoms with E-state index >= 15 is 0 Å². The van der Waals surface area contributed by atoms with Gasteiger partial charge in [0.2, 0.25) is 5.91 Å². The van der Waals surface area contributed by atoms with Crippen LogP contribution in [0, 0.1) is 11.3 Å². The van der Waals surface area contributed by atoms with Gasteiger partial charge in [0.1, 0.15) is 11.6 Å². The Labute approximate surface area is 118 Å². The molecule has 2 aliphatic rings. The zero-order valence-electron chi connectivity index (χ0n) is 11.6. The van der Waals surface area contributed by atoms with Crippen LogP contribution in [0.3, 0.4) is 0 Å². The summed E-state index contributed by atoms with van der Waals surface area (Å²) in [6.45, 7) is 0.419. The molecule has 110 valence electrons. The molecule has 0 aromatic rings. The van der Waals surface area contributed by atoms with Gasteiger partial charge in [0, 0.05) is 6.54 Å². The fourth-order valence-corrected chi connectivity index (χ4v) is 2.96. The van der Waals surface area contributed by atoms with Crippen molar-refractivity contribution in [1.82, 2.24) is 10.2 Å². The zero-order chi connectivity index (χ0) is 14.6. The number of aliphatic hydroxyl groups is 1. The average molecular weight is 279 g/mol. The van der Waals surface area contributed by atoms with Crippen molar-refractivity contribution in [2.24, 2.45) is 0 Å². The first-order valence-electron chi connectivity index (χ1n) is 7.25. The van der Waals surface area contributed by atoms with Crippen LogP contribution in [0.1, 0.15) is 44.9 Å². The molecular weight excluding hydrogens is 258 g/mol. The molecule has 1 aliphatic carbocycles. The lowest BCUT2D eigenvalue weighted by Crippen LogP contribution is -2.51. The summed E-state index contributed by atoms with van der Waals surface area (Å²) in [6.07, 6.45) is 4.26. The molecule has 6 nitrogen and oxygen atoms in total. The predicted molar refractivity (Wildman–Crippen MR) is 71.4 cm³/mol. The maximum absolute atomic E-state index is 12.1. The lowest BCUT2D eigenvalue weighted by Gasteiger charge is -2.26. The van der Waals surface area contributed by atoms with Crippen LogP contribution in [0.5, 0.6) is 0 Å². The van der Waals surface area contributed by atoms with Gasteiger partial charge in [-0.15, -0.1) is 0 Å². The topological polar surface area (TPSA) is 93.4 Å². The van der Waals surface area contributed by atoms with Gasteiger partial charge in [0.05, 0.1) is 12.6 Å². The van der Waals surface area contributed by atoms with E-state index in [9.17, 15) is 20.0 Å². The van der Waals surface area contributed by atoms with Crippen molar-refractivity contribution in [1.29, 1.82) is 5.26 Å². The summed E-state index contributed by atoms with van der Waals surface area (Å²) in [5.74, 6) is -0.689. The molecule has 20 heavy (non-hydrogen) atoms. The number of carbonyl (C=O) groups excluding carboxylic acids is 2. The lowest BCUT2D eigenvalue weighted by atomic mass is 10.00. The highest BCUT2D eigenvalue weighted by atomic mass is 16.3. The summed E-state index contributed by atoms with van der Waals surface area (Å²) in [6, 6.07) is 2.19. The Bertz CT molecular complexity index is 424. The number of carbonyl (C=O) groups is 2. The molecule has 2 rings (SSSR count). The van der Waals surface area contributed by atoms with Crippen LogP contribution in [-0.4, -0.2) is 46.6 Å². The second-order valence-electron chi connectivity index (χ2n) is 5.72. The number of likely N-dealkylation sites (tertiary alicyclic amines) is 1. The summed E-state index contributed by atoms with van der Waals surface area (Å²) in [5, 5.41) is 21.6.